The Bertz CT molecular complexity index is 4390. The third-order valence-electron chi connectivity index (χ3n) is 16.2. The van der Waals surface area contributed by atoms with Crippen molar-refractivity contribution < 1.29 is 111 Å². The summed E-state index contributed by atoms with van der Waals surface area (Å²) in [4.78, 5) is 98.3. The highest BCUT2D eigenvalue weighted by Crippen LogP contribution is 2.46. The van der Waals surface area contributed by atoms with Crippen LogP contribution in [0.15, 0.2) is 107 Å². The molecule has 0 saturated heterocycles. The molecular formula is C66H60F12N2O16. The van der Waals surface area contributed by atoms with Crippen molar-refractivity contribution in [1.29, 1.82) is 0 Å². The number of carbonyl (C=O) groups is 3. The molecule has 0 spiro atoms. The number of carbonyl (C=O) groups excluding carboxylic acids is 4. The van der Waals surface area contributed by atoms with E-state index in [-0.39, 0.29) is 120 Å². The number of carboxylic acids is 1. The molecule has 0 aliphatic heterocycles. The highest BCUT2D eigenvalue weighted by molar-refractivity contribution is 6.08. The Hall–Kier alpha value is -9.61. The molecule has 4 atom stereocenters. The van der Waals surface area contributed by atoms with Crippen LogP contribution in [-0.4, -0.2) is 73.9 Å². The van der Waals surface area contributed by atoms with Crippen LogP contribution in [0, 0.1) is 34.6 Å². The number of nitrogen functional groups attached to an aromatic ring is 2. The first-order chi connectivity index (χ1) is 43.7. The van der Waals surface area contributed by atoms with Gasteiger partial charge in [-0.2, -0.15) is 62.3 Å². The fourth-order valence-electron chi connectivity index (χ4n) is 10.3. The SMILES string of the molecule is CCC(=O)c1ccc(C(=O)Cc2c(C)cc(Cc3cc(C)c(C)c(C(C)(O)C(F)(F)F)c3)cc2C(C)(O)C(F)(F)F)cc1C(=O)O.Cc1cc(Cc2cc(C)c(N)c(C(C)(O)C(F)(F)F)c2)cc(C(C)(O)C(F)(F)F)c1N.O=C=O.O=c1oc(=O)c2cc3c(=O)oc(=O)c3cc12. The molecule has 8 rings (SSSR count). The van der Waals surface area contributed by atoms with E-state index in [4.69, 9.17) is 21.1 Å². The van der Waals surface area contributed by atoms with Crippen molar-refractivity contribution in [2.45, 2.75) is 142 Å². The van der Waals surface area contributed by atoms with E-state index >= 15 is 0 Å². The van der Waals surface area contributed by atoms with Crippen LogP contribution in [0.2, 0.25) is 0 Å². The van der Waals surface area contributed by atoms with Crippen molar-refractivity contribution in [3.05, 3.63) is 215 Å². The fourth-order valence-corrected chi connectivity index (χ4v) is 10.3. The Morgan fingerprint density at radius 1 is 0.448 bits per heavy atom. The second-order valence-electron chi connectivity index (χ2n) is 23.2. The molecule has 2 aromatic heterocycles. The van der Waals surface area contributed by atoms with E-state index in [0.29, 0.717) is 33.3 Å². The molecule has 2 heterocycles. The summed E-state index contributed by atoms with van der Waals surface area (Å²) >= 11 is 0. The first-order valence-corrected chi connectivity index (χ1v) is 28.1. The van der Waals surface area contributed by atoms with Crippen molar-refractivity contribution in [2.75, 3.05) is 11.5 Å². The number of anilines is 2. The number of furan rings is 2. The number of halogens is 12. The molecule has 4 unspecified atom stereocenters. The van der Waals surface area contributed by atoms with E-state index in [1.165, 1.54) is 71.9 Å². The van der Waals surface area contributed by atoms with Crippen LogP contribution in [0.3, 0.4) is 0 Å². The molecule has 0 bridgehead atoms. The minimum absolute atomic E-state index is 0.000115. The maximum atomic E-state index is 14.2. The average molecular weight is 1370 g/mol. The number of nitrogens with two attached hydrogens (primary N) is 2. The predicted molar refractivity (Wildman–Crippen MR) is 321 cm³/mol. The lowest BCUT2D eigenvalue weighted by atomic mass is 9.82. The first-order valence-electron chi connectivity index (χ1n) is 28.1. The Labute approximate surface area is 534 Å². The number of rotatable bonds is 14. The molecule has 0 saturated carbocycles. The van der Waals surface area contributed by atoms with Crippen molar-refractivity contribution in [3.8, 4) is 0 Å². The molecule has 0 amide bonds. The number of fused-ring (bicyclic) bond motifs is 2. The van der Waals surface area contributed by atoms with Gasteiger partial charge in [0.05, 0.1) is 27.1 Å². The number of hydrogen-bond donors (Lipinski definition) is 7. The van der Waals surface area contributed by atoms with Gasteiger partial charge in [0.25, 0.3) is 0 Å². The monoisotopic (exact) mass is 1360 g/mol. The summed E-state index contributed by atoms with van der Waals surface area (Å²) in [5.74, 6) is -2.73. The van der Waals surface area contributed by atoms with Gasteiger partial charge in [0.2, 0.25) is 0 Å². The number of ketones is 2. The summed E-state index contributed by atoms with van der Waals surface area (Å²) in [6, 6.07) is 15.9. The van der Waals surface area contributed by atoms with Gasteiger partial charge in [0.1, 0.15) is 0 Å². The molecule has 18 nitrogen and oxygen atoms in total. The van der Waals surface area contributed by atoms with Gasteiger partial charge >= 0.3 is 59.3 Å². The van der Waals surface area contributed by atoms with Crippen LogP contribution in [0.5, 0.6) is 0 Å². The summed E-state index contributed by atoms with van der Waals surface area (Å²) in [7, 11) is 0. The van der Waals surface area contributed by atoms with Crippen LogP contribution >= 0.6 is 0 Å². The zero-order valence-corrected chi connectivity index (χ0v) is 52.3. The van der Waals surface area contributed by atoms with E-state index in [0.717, 1.165) is 42.5 Å². The summed E-state index contributed by atoms with van der Waals surface area (Å²) in [6.45, 7) is 11.1. The molecule has 514 valence electrons. The number of alkyl halides is 12. The topological polar surface area (TPSA) is 333 Å². The second-order valence-corrected chi connectivity index (χ2v) is 23.2. The number of benzene rings is 6. The smallest absolute Gasteiger partial charge is 0.421 e. The van der Waals surface area contributed by atoms with Crippen LogP contribution in [0.4, 0.5) is 64.1 Å². The summed E-state index contributed by atoms with van der Waals surface area (Å²) in [6.07, 6.45) is -20.9. The van der Waals surface area contributed by atoms with Gasteiger partial charge < -0.3 is 45.8 Å². The van der Waals surface area contributed by atoms with E-state index < -0.39 is 121 Å². The maximum Gasteiger partial charge on any atom is 0.421 e. The van der Waals surface area contributed by atoms with Crippen molar-refractivity contribution >= 4 is 56.6 Å². The van der Waals surface area contributed by atoms with Gasteiger partial charge in [-0.05, 0) is 166 Å². The third-order valence-corrected chi connectivity index (χ3v) is 16.2. The third kappa shape index (κ3) is 15.7. The van der Waals surface area contributed by atoms with Gasteiger partial charge in [-0.3, -0.25) is 9.59 Å². The Morgan fingerprint density at radius 3 is 1.10 bits per heavy atom. The highest BCUT2D eigenvalue weighted by Gasteiger charge is 2.55. The van der Waals surface area contributed by atoms with Gasteiger partial charge in [0.15, 0.2) is 34.0 Å². The van der Waals surface area contributed by atoms with Crippen molar-refractivity contribution in [3.63, 3.8) is 0 Å². The van der Waals surface area contributed by atoms with Gasteiger partial charge in [-0.15, -0.1) is 0 Å². The number of aliphatic hydroxyl groups is 4. The quantitative estimate of drug-likeness (QED) is 0.0302. The molecule has 30 heteroatoms. The number of Topliss-reactive ketones (excluding diaryl/α,β-unsaturated/α-hetero) is 2. The van der Waals surface area contributed by atoms with Gasteiger partial charge in [-0.25, -0.2) is 24.0 Å². The standard InChI is InChI=1S/C34H34F6O6.C21H24F6N2O2.C10H2O6.CO2/c1-7-28(41)23-9-8-22(15-25(23)30(43)44)29(42)16-24-18(3)11-21(14-27(24)32(6,46)34(38,39)40)12-20-10-17(2)19(4)26(13-20)31(5,45)33(35,36)37;1-10-5-12(8-14(16(10)28)18(3,30)20(22,23)24)7-13-6-11(2)17(29)15(9-13)19(4,31)21(25,26)27;11-7-3-1-4-6(10(14)16-8(4)12)2-5(3)9(13)15-7;2-1-3/h8-11,13-15,45-46H,7,12,16H2,1-6H3,(H,43,44);5-6,8-9,30-31H,7,28-29H2,1-4H3;1-2H;. The molecule has 0 aliphatic carbocycles. The number of aryl methyl sites for hydroxylation is 4. The summed E-state index contributed by atoms with van der Waals surface area (Å²) < 4.78 is 172. The minimum Gasteiger partial charge on any atom is -0.478 e. The normalized spacial score (nSPS) is 14.5. The lowest BCUT2D eigenvalue weighted by Gasteiger charge is -2.31. The average Bonchev–Trinajstić information content (AvgIpc) is 1.14. The number of aromatic carboxylic acids is 1. The molecule has 0 aliphatic rings. The zero-order chi connectivity index (χ0) is 73.5. The highest BCUT2D eigenvalue weighted by atomic mass is 19.4. The van der Waals surface area contributed by atoms with Crippen LogP contribution < -0.4 is 34.0 Å². The number of carboxylic acid groups (broad SMARTS) is 1. The van der Waals surface area contributed by atoms with Crippen LogP contribution in [-0.2, 0) is 51.3 Å². The molecule has 6 aromatic carbocycles. The lowest BCUT2D eigenvalue weighted by Crippen LogP contribution is -2.40. The Balaban J connectivity index is 0.000000283. The van der Waals surface area contributed by atoms with Gasteiger partial charge in [0, 0.05) is 46.5 Å². The number of hydrogen-bond acceptors (Lipinski definition) is 17. The van der Waals surface area contributed by atoms with Crippen molar-refractivity contribution in [2.24, 2.45) is 0 Å². The van der Waals surface area contributed by atoms with E-state index in [1.54, 1.807) is 6.07 Å². The minimum atomic E-state index is -5.20. The van der Waals surface area contributed by atoms with E-state index in [2.05, 4.69) is 8.83 Å². The Kier molecular flexibility index (Phi) is 22.2. The molecule has 96 heavy (non-hydrogen) atoms. The van der Waals surface area contributed by atoms with E-state index in [1.807, 2.05) is 0 Å². The molecule has 9 N–H and O–H groups in total. The van der Waals surface area contributed by atoms with Gasteiger partial charge in [-0.1, -0.05) is 61.5 Å². The van der Waals surface area contributed by atoms with Crippen molar-refractivity contribution in [1.82, 2.24) is 0 Å². The molecule has 0 fully saturated rings. The predicted octanol–water partition coefficient (Wildman–Crippen LogP) is 11.0. The summed E-state index contributed by atoms with van der Waals surface area (Å²) in [5.41, 5.74) is -6.13. The van der Waals surface area contributed by atoms with E-state index in [9.17, 15) is 112 Å². The lowest BCUT2D eigenvalue weighted by molar-refractivity contribution is -0.259. The molecular weight excluding hydrogens is 1300 g/mol. The van der Waals surface area contributed by atoms with Crippen LogP contribution in [0.25, 0.3) is 21.5 Å². The molecule has 8 aromatic rings. The summed E-state index contributed by atoms with van der Waals surface area (Å²) in [5, 5.41) is 50.7. The molecule has 0 radical (unpaired) electrons. The van der Waals surface area contributed by atoms with Crippen LogP contribution in [0.1, 0.15) is 150 Å². The first kappa shape index (κ1) is 77.1. The zero-order valence-electron chi connectivity index (χ0n) is 52.3. The fraction of sp³-hybridized carbons (Fsp3) is 0.333. The maximum absolute atomic E-state index is 14.2. The second kappa shape index (κ2) is 27.6. The Morgan fingerprint density at radius 2 is 0.760 bits per heavy atom. The largest absolute Gasteiger partial charge is 0.478 e.